The highest BCUT2D eigenvalue weighted by Crippen LogP contribution is 2.21. The van der Waals surface area contributed by atoms with E-state index >= 15 is 0 Å². The minimum Gasteiger partial charge on any atom is -0.477 e. The van der Waals surface area contributed by atoms with Crippen molar-refractivity contribution in [1.82, 2.24) is 4.98 Å². The normalized spacial score (nSPS) is 10.3. The van der Waals surface area contributed by atoms with Gasteiger partial charge in [0.25, 0.3) is 0 Å². The van der Waals surface area contributed by atoms with Gasteiger partial charge < -0.3 is 14.7 Å². The van der Waals surface area contributed by atoms with Gasteiger partial charge in [-0.2, -0.15) is 0 Å². The Labute approximate surface area is 92.3 Å². The van der Waals surface area contributed by atoms with Gasteiger partial charge in [-0.15, -0.1) is 0 Å². The average molecular weight is 230 g/mol. The summed E-state index contributed by atoms with van der Waals surface area (Å²) in [6, 6.07) is 0. The van der Waals surface area contributed by atoms with Crippen LogP contribution in [0.3, 0.4) is 0 Å². The molecule has 0 spiro atoms. The maximum Gasteiger partial charge on any atom is 0.347 e. The van der Waals surface area contributed by atoms with Crippen LogP contribution in [0.25, 0.3) is 0 Å². The summed E-state index contributed by atoms with van der Waals surface area (Å²) in [5, 5.41) is 9.48. The molecule has 1 heterocycles. The Bertz CT molecular complexity index is 327. The molecular weight excluding hydrogens is 216 g/mol. The number of carboxylic acids is 1. The molecule has 0 aliphatic carbocycles. The lowest BCUT2D eigenvalue weighted by molar-refractivity contribution is 0.0702. The van der Waals surface area contributed by atoms with Crippen LogP contribution in [-0.2, 0) is 4.74 Å². The van der Waals surface area contributed by atoms with Crippen molar-refractivity contribution in [3.05, 3.63) is 11.1 Å². The number of aromatic carboxylic acids is 1. The number of ether oxygens (including phenoxy) is 1. The number of methoxy groups -OCH3 is 1. The smallest absolute Gasteiger partial charge is 0.347 e. The predicted molar refractivity (Wildman–Crippen MR) is 58.8 cm³/mol. The lowest BCUT2D eigenvalue weighted by atomic mass is 10.5. The van der Waals surface area contributed by atoms with Gasteiger partial charge in [-0.05, 0) is 6.92 Å². The van der Waals surface area contributed by atoms with Crippen molar-refractivity contribution in [3.8, 4) is 0 Å². The number of hydrogen-bond donors (Lipinski definition) is 1. The van der Waals surface area contributed by atoms with Gasteiger partial charge in [-0.25, -0.2) is 9.78 Å². The number of carboxylic acid groups (broad SMARTS) is 1. The Morgan fingerprint density at radius 2 is 2.47 bits per heavy atom. The van der Waals surface area contributed by atoms with Crippen molar-refractivity contribution in [2.45, 2.75) is 6.92 Å². The molecule has 1 aromatic heterocycles. The predicted octanol–water partition coefficient (Wildman–Crippen LogP) is 1.31. The van der Waals surface area contributed by atoms with Gasteiger partial charge in [0.05, 0.1) is 12.8 Å². The Morgan fingerprint density at radius 1 is 1.73 bits per heavy atom. The van der Waals surface area contributed by atoms with Crippen LogP contribution in [-0.4, -0.2) is 42.9 Å². The Kier molecular flexibility index (Phi) is 4.51. The van der Waals surface area contributed by atoms with E-state index in [9.17, 15) is 4.79 Å². The van der Waals surface area contributed by atoms with Gasteiger partial charge in [-0.3, -0.25) is 0 Å². The highest BCUT2D eigenvalue weighted by molar-refractivity contribution is 7.17. The quantitative estimate of drug-likeness (QED) is 0.798. The summed E-state index contributed by atoms with van der Waals surface area (Å²) in [5.41, 5.74) is 0. The lowest BCUT2D eigenvalue weighted by Gasteiger charge is -2.18. The first-order chi connectivity index (χ1) is 7.19. The van der Waals surface area contributed by atoms with Gasteiger partial charge >= 0.3 is 5.97 Å². The van der Waals surface area contributed by atoms with E-state index in [1.807, 2.05) is 11.8 Å². The fraction of sp³-hybridized carbons (Fsp3) is 0.556. The van der Waals surface area contributed by atoms with Crippen LogP contribution in [0.4, 0.5) is 5.13 Å². The van der Waals surface area contributed by atoms with Crippen molar-refractivity contribution in [1.29, 1.82) is 0 Å². The number of hydrogen-bond acceptors (Lipinski definition) is 5. The van der Waals surface area contributed by atoms with E-state index in [1.165, 1.54) is 17.5 Å². The largest absolute Gasteiger partial charge is 0.477 e. The lowest BCUT2D eigenvalue weighted by Crippen LogP contribution is -2.26. The third kappa shape index (κ3) is 3.17. The van der Waals surface area contributed by atoms with Crippen molar-refractivity contribution < 1.29 is 14.6 Å². The topological polar surface area (TPSA) is 62.7 Å². The van der Waals surface area contributed by atoms with E-state index in [0.29, 0.717) is 6.61 Å². The molecule has 0 saturated carbocycles. The zero-order chi connectivity index (χ0) is 11.3. The summed E-state index contributed by atoms with van der Waals surface area (Å²) in [6.45, 7) is 4.11. The molecule has 15 heavy (non-hydrogen) atoms. The molecule has 84 valence electrons. The third-order valence-corrected chi connectivity index (χ3v) is 2.97. The number of anilines is 1. The maximum atomic E-state index is 10.7. The van der Waals surface area contributed by atoms with Crippen molar-refractivity contribution in [2.24, 2.45) is 0 Å². The van der Waals surface area contributed by atoms with Crippen LogP contribution in [0.2, 0.25) is 0 Å². The fourth-order valence-electron chi connectivity index (χ4n) is 1.10. The summed E-state index contributed by atoms with van der Waals surface area (Å²) >= 11 is 1.18. The molecule has 0 aliphatic rings. The number of carbonyl (C=O) groups is 1. The van der Waals surface area contributed by atoms with Crippen molar-refractivity contribution in [2.75, 3.05) is 31.7 Å². The van der Waals surface area contributed by atoms with E-state index < -0.39 is 5.97 Å². The molecule has 5 nitrogen and oxygen atoms in total. The summed E-state index contributed by atoms with van der Waals surface area (Å²) in [6.07, 6.45) is 1.39. The van der Waals surface area contributed by atoms with Crippen LogP contribution < -0.4 is 4.90 Å². The molecule has 1 aromatic rings. The van der Waals surface area contributed by atoms with Crippen LogP contribution in [0, 0.1) is 0 Å². The molecule has 6 heteroatoms. The molecule has 0 fully saturated rings. The zero-order valence-electron chi connectivity index (χ0n) is 8.77. The number of aromatic nitrogens is 1. The summed E-state index contributed by atoms with van der Waals surface area (Å²) in [5.74, 6) is -0.929. The summed E-state index contributed by atoms with van der Waals surface area (Å²) in [4.78, 5) is 17.0. The average Bonchev–Trinajstić information content (AvgIpc) is 2.68. The monoisotopic (exact) mass is 230 g/mol. The molecule has 0 saturated heterocycles. The van der Waals surface area contributed by atoms with E-state index in [-0.39, 0.29) is 4.88 Å². The first kappa shape index (κ1) is 11.9. The number of likely N-dealkylation sites (N-methyl/N-ethyl adjacent to an activating group) is 1. The molecule has 0 radical (unpaired) electrons. The standard InChI is InChI=1S/C9H14N2O3S/c1-3-11(4-5-14-2)9-10-6-7(15-9)8(12)13/h6H,3-5H2,1-2H3,(H,12,13). The number of rotatable bonds is 6. The molecule has 0 unspecified atom stereocenters. The number of thiazole rings is 1. The minimum atomic E-state index is -0.929. The minimum absolute atomic E-state index is 0.265. The van der Waals surface area contributed by atoms with Crippen LogP contribution in [0.5, 0.6) is 0 Å². The van der Waals surface area contributed by atoms with Crippen LogP contribution in [0.1, 0.15) is 16.6 Å². The molecular formula is C9H14N2O3S. The van der Waals surface area contributed by atoms with Crippen molar-refractivity contribution >= 4 is 22.4 Å². The summed E-state index contributed by atoms with van der Waals surface area (Å²) in [7, 11) is 1.64. The van der Waals surface area contributed by atoms with E-state index in [0.717, 1.165) is 18.2 Å². The highest BCUT2D eigenvalue weighted by atomic mass is 32.1. The van der Waals surface area contributed by atoms with Gasteiger partial charge in [0.1, 0.15) is 4.88 Å². The SMILES string of the molecule is CCN(CCOC)c1ncc(C(=O)O)s1. The molecule has 0 amide bonds. The Hall–Kier alpha value is -1.14. The third-order valence-electron chi connectivity index (χ3n) is 1.92. The van der Waals surface area contributed by atoms with E-state index in [2.05, 4.69) is 4.98 Å². The summed E-state index contributed by atoms with van der Waals surface area (Å²) < 4.78 is 4.97. The molecule has 0 atom stereocenters. The van der Waals surface area contributed by atoms with Crippen LogP contribution >= 0.6 is 11.3 Å². The second kappa shape index (κ2) is 5.67. The Morgan fingerprint density at radius 3 is 2.93 bits per heavy atom. The van der Waals surface area contributed by atoms with Gasteiger partial charge in [0.15, 0.2) is 5.13 Å². The molecule has 0 aliphatic heterocycles. The Balaban J connectivity index is 2.69. The molecule has 1 rings (SSSR count). The number of nitrogens with zero attached hydrogens (tertiary/aromatic N) is 2. The fourth-order valence-corrected chi connectivity index (χ4v) is 1.94. The molecule has 0 aromatic carbocycles. The van der Waals surface area contributed by atoms with E-state index in [1.54, 1.807) is 7.11 Å². The van der Waals surface area contributed by atoms with Gasteiger partial charge in [-0.1, -0.05) is 11.3 Å². The van der Waals surface area contributed by atoms with Crippen LogP contribution in [0.15, 0.2) is 6.20 Å². The van der Waals surface area contributed by atoms with E-state index in [4.69, 9.17) is 9.84 Å². The molecule has 0 bridgehead atoms. The molecule has 1 N–H and O–H groups in total. The second-order valence-electron chi connectivity index (χ2n) is 2.88. The first-order valence-corrected chi connectivity index (χ1v) is 5.43. The highest BCUT2D eigenvalue weighted by Gasteiger charge is 2.12. The zero-order valence-corrected chi connectivity index (χ0v) is 9.58. The maximum absolute atomic E-state index is 10.7. The van der Waals surface area contributed by atoms with Crippen molar-refractivity contribution in [3.63, 3.8) is 0 Å². The van der Waals surface area contributed by atoms with Gasteiger partial charge in [0, 0.05) is 20.2 Å². The first-order valence-electron chi connectivity index (χ1n) is 4.62. The van der Waals surface area contributed by atoms with Gasteiger partial charge in [0.2, 0.25) is 0 Å². The second-order valence-corrected chi connectivity index (χ2v) is 3.89.